The molecule has 7 nitrogen and oxygen atoms in total. The molecule has 0 bridgehead atoms. The number of anilines is 1. The second kappa shape index (κ2) is 9.53. The Bertz CT molecular complexity index is 1150. The topological polar surface area (TPSA) is 83.2 Å². The third kappa shape index (κ3) is 5.64. The van der Waals surface area contributed by atoms with E-state index < -0.39 is 5.60 Å². The number of nitrogens with zero attached hydrogens (tertiary/aromatic N) is 4. The van der Waals surface area contributed by atoms with Crippen LogP contribution in [-0.4, -0.2) is 40.9 Å². The normalized spacial score (nSPS) is 16.4. The van der Waals surface area contributed by atoms with Gasteiger partial charge in [0.25, 0.3) is 0 Å². The molecular weight excluding hydrogens is 414 g/mol. The van der Waals surface area contributed by atoms with Crippen LogP contribution in [0.15, 0.2) is 48.5 Å². The van der Waals surface area contributed by atoms with Crippen molar-refractivity contribution in [1.29, 1.82) is 5.26 Å². The molecule has 4 rings (SSSR count). The molecule has 1 aromatic heterocycles. The smallest absolute Gasteiger partial charge is 0.407 e. The van der Waals surface area contributed by atoms with Crippen molar-refractivity contribution in [2.24, 2.45) is 5.92 Å². The monoisotopic (exact) mass is 445 g/mol. The quantitative estimate of drug-likeness (QED) is 0.616. The maximum Gasteiger partial charge on any atom is 0.407 e. The number of alkyl carbamates (subject to hydrolysis) is 1. The van der Waals surface area contributed by atoms with Crippen LogP contribution in [-0.2, 0) is 11.3 Å². The minimum Gasteiger partial charge on any atom is -0.444 e. The van der Waals surface area contributed by atoms with E-state index in [2.05, 4.69) is 26.9 Å². The van der Waals surface area contributed by atoms with Crippen molar-refractivity contribution in [3.63, 3.8) is 0 Å². The number of hydrogen-bond acceptors (Lipinski definition) is 5. The summed E-state index contributed by atoms with van der Waals surface area (Å²) in [7, 11) is 0. The van der Waals surface area contributed by atoms with Gasteiger partial charge in [-0.1, -0.05) is 24.3 Å². The predicted octanol–water partition coefficient (Wildman–Crippen LogP) is 4.70. The molecule has 1 atom stereocenters. The van der Waals surface area contributed by atoms with E-state index in [0.717, 1.165) is 48.5 Å². The van der Waals surface area contributed by atoms with E-state index in [1.54, 1.807) is 0 Å². The van der Waals surface area contributed by atoms with E-state index in [1.807, 2.05) is 63.2 Å². The number of hydrogen-bond donors (Lipinski definition) is 1. The molecule has 1 aliphatic rings. The summed E-state index contributed by atoms with van der Waals surface area (Å²) < 4.78 is 7.63. The third-order valence-electron chi connectivity index (χ3n) is 5.79. The molecule has 1 amide bonds. The van der Waals surface area contributed by atoms with Gasteiger partial charge < -0.3 is 19.5 Å². The number of carbonyl (C=O) groups is 1. The maximum absolute atomic E-state index is 12.1. The highest BCUT2D eigenvalue weighted by molar-refractivity contribution is 5.79. The molecule has 33 heavy (non-hydrogen) atoms. The van der Waals surface area contributed by atoms with E-state index in [1.165, 1.54) is 0 Å². The molecule has 1 saturated heterocycles. The van der Waals surface area contributed by atoms with Crippen LogP contribution >= 0.6 is 0 Å². The Morgan fingerprint density at radius 1 is 1.21 bits per heavy atom. The molecule has 2 aromatic carbocycles. The molecule has 1 unspecified atom stereocenters. The zero-order valence-corrected chi connectivity index (χ0v) is 19.5. The fourth-order valence-corrected chi connectivity index (χ4v) is 4.28. The fraction of sp³-hybridized carbons (Fsp3) is 0.423. The third-order valence-corrected chi connectivity index (χ3v) is 5.79. The Labute approximate surface area is 195 Å². The number of nitrogens with one attached hydrogen (secondary N) is 1. The van der Waals surface area contributed by atoms with Gasteiger partial charge in [0.05, 0.1) is 29.2 Å². The standard InChI is InChI=1S/C26H31N5O2/c1-26(2,3)33-25(32)28-16-21-7-6-14-30(17-21)24-29-22-8-4-5-9-23(22)31(24)18-20-12-10-19(15-27)11-13-20/h4-5,8-13,21H,6-7,14,16-18H2,1-3H3,(H,28,32). The highest BCUT2D eigenvalue weighted by Gasteiger charge is 2.25. The molecule has 0 spiro atoms. The number of aromatic nitrogens is 2. The molecule has 7 heteroatoms. The first kappa shape index (κ1) is 22.7. The predicted molar refractivity (Wildman–Crippen MR) is 129 cm³/mol. The van der Waals surface area contributed by atoms with Gasteiger partial charge in [0.1, 0.15) is 5.60 Å². The summed E-state index contributed by atoms with van der Waals surface area (Å²) in [5, 5.41) is 12.0. The van der Waals surface area contributed by atoms with Gasteiger partial charge in [0, 0.05) is 19.6 Å². The number of piperidine rings is 1. The van der Waals surface area contributed by atoms with Crippen LogP contribution in [0.1, 0.15) is 44.7 Å². The van der Waals surface area contributed by atoms with Gasteiger partial charge in [-0.05, 0) is 69.4 Å². The molecule has 0 saturated carbocycles. The number of carbonyl (C=O) groups excluding carboxylic acids is 1. The number of benzene rings is 2. The lowest BCUT2D eigenvalue weighted by Gasteiger charge is -2.34. The fourth-order valence-electron chi connectivity index (χ4n) is 4.28. The van der Waals surface area contributed by atoms with Crippen LogP contribution in [0.25, 0.3) is 11.0 Å². The first-order valence-corrected chi connectivity index (χ1v) is 11.5. The molecule has 1 fully saturated rings. The average Bonchev–Trinajstić information content (AvgIpc) is 3.16. The Hall–Kier alpha value is -3.53. The van der Waals surface area contributed by atoms with Gasteiger partial charge in [0.15, 0.2) is 0 Å². The molecule has 3 aromatic rings. The van der Waals surface area contributed by atoms with Gasteiger partial charge >= 0.3 is 6.09 Å². The lowest BCUT2D eigenvalue weighted by molar-refractivity contribution is 0.0517. The lowest BCUT2D eigenvalue weighted by atomic mass is 9.98. The van der Waals surface area contributed by atoms with Crippen LogP contribution in [0.2, 0.25) is 0 Å². The van der Waals surface area contributed by atoms with Crippen LogP contribution < -0.4 is 10.2 Å². The molecule has 0 radical (unpaired) electrons. The minimum atomic E-state index is -0.501. The van der Waals surface area contributed by atoms with E-state index in [-0.39, 0.29) is 6.09 Å². The highest BCUT2D eigenvalue weighted by Crippen LogP contribution is 2.28. The summed E-state index contributed by atoms with van der Waals surface area (Å²) in [4.78, 5) is 19.4. The minimum absolute atomic E-state index is 0.328. The summed E-state index contributed by atoms with van der Waals surface area (Å²) >= 11 is 0. The average molecular weight is 446 g/mol. The van der Waals surface area contributed by atoms with E-state index in [9.17, 15) is 4.79 Å². The first-order valence-electron chi connectivity index (χ1n) is 11.5. The molecule has 2 heterocycles. The molecule has 1 aliphatic heterocycles. The summed E-state index contributed by atoms with van der Waals surface area (Å²) in [6.45, 7) is 8.63. The Morgan fingerprint density at radius 2 is 1.97 bits per heavy atom. The first-order chi connectivity index (χ1) is 15.8. The summed E-state index contributed by atoms with van der Waals surface area (Å²) in [6.07, 6.45) is 1.73. The zero-order valence-electron chi connectivity index (χ0n) is 19.5. The molecule has 1 N–H and O–H groups in total. The van der Waals surface area contributed by atoms with Gasteiger partial charge in [-0.15, -0.1) is 0 Å². The number of imidazole rings is 1. The van der Waals surface area contributed by atoms with Gasteiger partial charge in [-0.25, -0.2) is 9.78 Å². The number of ether oxygens (including phenoxy) is 1. The van der Waals surface area contributed by atoms with Crippen molar-refractivity contribution < 1.29 is 9.53 Å². The van der Waals surface area contributed by atoms with Crippen molar-refractivity contribution in [1.82, 2.24) is 14.9 Å². The van der Waals surface area contributed by atoms with E-state index in [0.29, 0.717) is 24.6 Å². The highest BCUT2D eigenvalue weighted by atomic mass is 16.6. The molecule has 172 valence electrons. The van der Waals surface area contributed by atoms with Gasteiger partial charge in [0.2, 0.25) is 5.95 Å². The number of nitriles is 1. The SMILES string of the molecule is CC(C)(C)OC(=O)NCC1CCCN(c2nc3ccccc3n2Cc2ccc(C#N)cc2)C1. The lowest BCUT2D eigenvalue weighted by Crippen LogP contribution is -2.43. The number of para-hydroxylation sites is 2. The summed E-state index contributed by atoms with van der Waals surface area (Å²) in [5.41, 5.74) is 3.34. The van der Waals surface area contributed by atoms with Crippen molar-refractivity contribution in [2.45, 2.75) is 45.8 Å². The summed E-state index contributed by atoms with van der Waals surface area (Å²) in [6, 6.07) is 18.1. The number of amides is 1. The summed E-state index contributed by atoms with van der Waals surface area (Å²) in [5.74, 6) is 1.27. The van der Waals surface area contributed by atoms with Crippen LogP contribution in [0.5, 0.6) is 0 Å². The van der Waals surface area contributed by atoms with E-state index in [4.69, 9.17) is 15.0 Å². The zero-order chi connectivity index (χ0) is 23.4. The van der Waals surface area contributed by atoms with Crippen LogP contribution in [0, 0.1) is 17.2 Å². The largest absolute Gasteiger partial charge is 0.444 e. The number of fused-ring (bicyclic) bond motifs is 1. The van der Waals surface area contributed by atoms with Crippen molar-refractivity contribution in [2.75, 3.05) is 24.5 Å². The second-order valence-corrected chi connectivity index (χ2v) is 9.63. The number of rotatable bonds is 5. The van der Waals surface area contributed by atoms with Gasteiger partial charge in [-0.2, -0.15) is 5.26 Å². The van der Waals surface area contributed by atoms with Crippen molar-refractivity contribution in [3.05, 3.63) is 59.7 Å². The van der Waals surface area contributed by atoms with Crippen molar-refractivity contribution in [3.8, 4) is 6.07 Å². The maximum atomic E-state index is 12.1. The van der Waals surface area contributed by atoms with Crippen LogP contribution in [0.3, 0.4) is 0 Å². The molecule has 0 aliphatic carbocycles. The van der Waals surface area contributed by atoms with E-state index >= 15 is 0 Å². The Morgan fingerprint density at radius 3 is 2.70 bits per heavy atom. The molecular formula is C26H31N5O2. The second-order valence-electron chi connectivity index (χ2n) is 9.63. The Kier molecular flexibility index (Phi) is 6.55. The van der Waals surface area contributed by atoms with Gasteiger partial charge in [-0.3, -0.25) is 0 Å². The van der Waals surface area contributed by atoms with Crippen LogP contribution in [0.4, 0.5) is 10.7 Å². The van der Waals surface area contributed by atoms with Crippen molar-refractivity contribution >= 4 is 23.1 Å². The Balaban J connectivity index is 1.52.